The predicted octanol–water partition coefficient (Wildman–Crippen LogP) is 4.61. The van der Waals surface area contributed by atoms with E-state index in [-0.39, 0.29) is 0 Å². The molecule has 106 valence electrons. The Labute approximate surface area is 128 Å². The Morgan fingerprint density at radius 3 is 2.52 bits per heavy atom. The van der Waals surface area contributed by atoms with E-state index in [2.05, 4.69) is 48.4 Å². The molecule has 3 rings (SSSR count). The number of aromatic nitrogens is 2. The smallest absolute Gasteiger partial charge is 0.172 e. The van der Waals surface area contributed by atoms with Gasteiger partial charge in [-0.3, -0.25) is 0 Å². The molecule has 2 heterocycles. The number of nitrogens with zero attached hydrogens (tertiary/aromatic N) is 2. The number of anilines is 1. The lowest BCUT2D eigenvalue weighted by atomic mass is 10.1. The van der Waals surface area contributed by atoms with E-state index in [0.717, 1.165) is 34.3 Å². The van der Waals surface area contributed by atoms with Crippen LogP contribution in [0.3, 0.4) is 0 Å². The molecule has 0 fully saturated rings. The Morgan fingerprint density at radius 2 is 1.86 bits per heavy atom. The SMILES string of the molecule is CCNc1cc(-c2ccccc2)nc(-c2ccc(C)s2)n1. The molecule has 0 saturated heterocycles. The fourth-order valence-corrected chi connectivity index (χ4v) is 2.94. The van der Waals surface area contributed by atoms with Gasteiger partial charge in [-0.1, -0.05) is 30.3 Å². The number of aryl methyl sites for hydroxylation is 1. The van der Waals surface area contributed by atoms with Crippen LogP contribution in [0.5, 0.6) is 0 Å². The zero-order valence-electron chi connectivity index (χ0n) is 12.1. The predicted molar refractivity (Wildman–Crippen MR) is 89.7 cm³/mol. The van der Waals surface area contributed by atoms with E-state index >= 15 is 0 Å². The summed E-state index contributed by atoms with van der Waals surface area (Å²) in [7, 11) is 0. The van der Waals surface area contributed by atoms with Gasteiger partial charge in [0, 0.05) is 23.1 Å². The molecule has 0 bridgehead atoms. The first kappa shape index (κ1) is 13.8. The summed E-state index contributed by atoms with van der Waals surface area (Å²) in [6.07, 6.45) is 0. The molecule has 21 heavy (non-hydrogen) atoms. The van der Waals surface area contributed by atoms with Crippen molar-refractivity contribution in [1.82, 2.24) is 9.97 Å². The average Bonchev–Trinajstić information content (AvgIpc) is 2.95. The molecule has 3 aromatic rings. The van der Waals surface area contributed by atoms with Gasteiger partial charge in [0.15, 0.2) is 5.82 Å². The molecule has 1 aromatic carbocycles. The highest BCUT2D eigenvalue weighted by Crippen LogP contribution is 2.28. The van der Waals surface area contributed by atoms with Gasteiger partial charge >= 0.3 is 0 Å². The first-order valence-corrected chi connectivity index (χ1v) is 7.83. The molecule has 3 nitrogen and oxygen atoms in total. The Balaban J connectivity index is 2.10. The van der Waals surface area contributed by atoms with Gasteiger partial charge in [0.25, 0.3) is 0 Å². The zero-order chi connectivity index (χ0) is 14.7. The summed E-state index contributed by atoms with van der Waals surface area (Å²) in [5.74, 6) is 1.65. The molecule has 0 saturated carbocycles. The van der Waals surface area contributed by atoms with E-state index in [1.165, 1.54) is 4.88 Å². The Morgan fingerprint density at radius 1 is 1.05 bits per heavy atom. The van der Waals surface area contributed by atoms with Gasteiger partial charge in [0.05, 0.1) is 10.6 Å². The molecule has 0 atom stereocenters. The monoisotopic (exact) mass is 295 g/mol. The number of nitrogens with one attached hydrogen (secondary N) is 1. The third-order valence-electron chi connectivity index (χ3n) is 3.11. The Hall–Kier alpha value is -2.20. The maximum Gasteiger partial charge on any atom is 0.172 e. The third-order valence-corrected chi connectivity index (χ3v) is 4.11. The minimum atomic E-state index is 0.783. The van der Waals surface area contributed by atoms with Crippen LogP contribution < -0.4 is 5.32 Å². The summed E-state index contributed by atoms with van der Waals surface area (Å²) < 4.78 is 0. The van der Waals surface area contributed by atoms with Crippen LogP contribution >= 0.6 is 11.3 Å². The van der Waals surface area contributed by atoms with Gasteiger partial charge in [-0.25, -0.2) is 9.97 Å². The second-order valence-corrected chi connectivity index (χ2v) is 6.06. The van der Waals surface area contributed by atoms with Crippen molar-refractivity contribution < 1.29 is 0 Å². The van der Waals surface area contributed by atoms with Gasteiger partial charge in [-0.15, -0.1) is 11.3 Å². The van der Waals surface area contributed by atoms with Crippen LogP contribution in [0.25, 0.3) is 22.0 Å². The normalized spacial score (nSPS) is 10.6. The summed E-state index contributed by atoms with van der Waals surface area (Å²) in [4.78, 5) is 11.7. The summed E-state index contributed by atoms with van der Waals surface area (Å²) >= 11 is 1.72. The molecule has 0 radical (unpaired) electrons. The van der Waals surface area contributed by atoms with E-state index in [0.29, 0.717) is 0 Å². The standard InChI is InChI=1S/C17H17N3S/c1-3-18-16-11-14(13-7-5-4-6-8-13)19-17(20-16)15-10-9-12(2)21-15/h4-11H,3H2,1-2H3,(H,18,19,20). The van der Waals surface area contributed by atoms with Crippen LogP contribution in [-0.4, -0.2) is 16.5 Å². The van der Waals surface area contributed by atoms with Gasteiger partial charge in [0.1, 0.15) is 5.82 Å². The minimum Gasteiger partial charge on any atom is -0.370 e. The summed E-state index contributed by atoms with van der Waals surface area (Å²) in [6.45, 7) is 5.01. The highest BCUT2D eigenvalue weighted by molar-refractivity contribution is 7.15. The van der Waals surface area contributed by atoms with Crippen LogP contribution in [0.15, 0.2) is 48.5 Å². The minimum absolute atomic E-state index is 0.783. The molecular weight excluding hydrogens is 278 g/mol. The zero-order valence-corrected chi connectivity index (χ0v) is 12.9. The van der Waals surface area contributed by atoms with E-state index in [4.69, 9.17) is 4.98 Å². The van der Waals surface area contributed by atoms with Crippen LogP contribution in [0.1, 0.15) is 11.8 Å². The highest BCUT2D eigenvalue weighted by Gasteiger charge is 2.09. The molecule has 1 N–H and O–H groups in total. The van der Waals surface area contributed by atoms with Crippen molar-refractivity contribution in [3.05, 3.63) is 53.4 Å². The Kier molecular flexibility index (Phi) is 3.97. The van der Waals surface area contributed by atoms with Crippen molar-refractivity contribution in [1.29, 1.82) is 0 Å². The van der Waals surface area contributed by atoms with E-state index in [1.54, 1.807) is 11.3 Å². The van der Waals surface area contributed by atoms with Crippen molar-refractivity contribution in [2.24, 2.45) is 0 Å². The lowest BCUT2D eigenvalue weighted by Gasteiger charge is -2.08. The van der Waals surface area contributed by atoms with Crippen molar-refractivity contribution in [2.75, 3.05) is 11.9 Å². The van der Waals surface area contributed by atoms with Crippen LogP contribution in [0.4, 0.5) is 5.82 Å². The molecule has 0 aliphatic heterocycles. The molecule has 0 aliphatic rings. The molecule has 4 heteroatoms. The second kappa shape index (κ2) is 6.06. The molecule has 0 aliphatic carbocycles. The number of hydrogen-bond acceptors (Lipinski definition) is 4. The van der Waals surface area contributed by atoms with E-state index < -0.39 is 0 Å². The molecule has 0 amide bonds. The van der Waals surface area contributed by atoms with Crippen LogP contribution in [0.2, 0.25) is 0 Å². The fraction of sp³-hybridized carbons (Fsp3) is 0.176. The van der Waals surface area contributed by atoms with Crippen molar-refractivity contribution >= 4 is 17.2 Å². The molecule has 0 unspecified atom stereocenters. The molecule has 0 spiro atoms. The van der Waals surface area contributed by atoms with Crippen molar-refractivity contribution in [2.45, 2.75) is 13.8 Å². The quantitative estimate of drug-likeness (QED) is 0.763. The fourth-order valence-electron chi connectivity index (χ4n) is 2.14. The highest BCUT2D eigenvalue weighted by atomic mass is 32.1. The number of rotatable bonds is 4. The largest absolute Gasteiger partial charge is 0.370 e. The lowest BCUT2D eigenvalue weighted by molar-refractivity contribution is 1.12. The maximum absolute atomic E-state index is 4.73. The van der Waals surface area contributed by atoms with Gasteiger partial charge in [-0.05, 0) is 26.0 Å². The first-order valence-electron chi connectivity index (χ1n) is 7.01. The van der Waals surface area contributed by atoms with Gasteiger partial charge in [-0.2, -0.15) is 0 Å². The van der Waals surface area contributed by atoms with Gasteiger partial charge in [0.2, 0.25) is 0 Å². The van der Waals surface area contributed by atoms with E-state index in [1.807, 2.05) is 24.3 Å². The van der Waals surface area contributed by atoms with Crippen molar-refractivity contribution in [3.63, 3.8) is 0 Å². The topological polar surface area (TPSA) is 37.8 Å². The van der Waals surface area contributed by atoms with E-state index in [9.17, 15) is 0 Å². The third kappa shape index (κ3) is 3.11. The summed E-state index contributed by atoms with van der Waals surface area (Å²) in [5, 5.41) is 3.29. The summed E-state index contributed by atoms with van der Waals surface area (Å²) in [5.41, 5.74) is 2.05. The van der Waals surface area contributed by atoms with Crippen LogP contribution in [-0.2, 0) is 0 Å². The Bertz CT molecular complexity index is 735. The summed E-state index contributed by atoms with van der Waals surface area (Å²) in [6, 6.07) is 16.4. The maximum atomic E-state index is 4.73. The molecule has 2 aromatic heterocycles. The van der Waals surface area contributed by atoms with Crippen LogP contribution in [0, 0.1) is 6.92 Å². The molecular formula is C17H17N3S. The average molecular weight is 295 g/mol. The van der Waals surface area contributed by atoms with Crippen molar-refractivity contribution in [3.8, 4) is 22.0 Å². The number of benzene rings is 1. The van der Waals surface area contributed by atoms with Gasteiger partial charge < -0.3 is 5.32 Å². The second-order valence-electron chi connectivity index (χ2n) is 4.77. The number of thiophene rings is 1. The lowest BCUT2D eigenvalue weighted by Crippen LogP contribution is -2.02. The first-order chi connectivity index (χ1) is 10.3. The number of hydrogen-bond donors (Lipinski definition) is 1.